The lowest BCUT2D eigenvalue weighted by Gasteiger charge is -2.16. The fourth-order valence-electron chi connectivity index (χ4n) is 2.14. The van der Waals surface area contributed by atoms with Crippen LogP contribution >= 0.6 is 23.2 Å². The number of aromatic nitrogens is 1. The van der Waals surface area contributed by atoms with Gasteiger partial charge in [-0.05, 0) is 66.6 Å². The third-order valence-corrected chi connectivity index (χ3v) is 7.35. The lowest BCUT2D eigenvalue weighted by atomic mass is 10.1. The molecule has 0 fully saturated rings. The van der Waals surface area contributed by atoms with Crippen molar-refractivity contribution in [2.75, 3.05) is 11.2 Å². The zero-order valence-corrected chi connectivity index (χ0v) is 17.1. The predicted octanol–water partition coefficient (Wildman–Crippen LogP) is 4.33. The van der Waals surface area contributed by atoms with Crippen molar-refractivity contribution in [1.82, 2.24) is 4.98 Å². The molecule has 24 heavy (non-hydrogen) atoms. The van der Waals surface area contributed by atoms with Crippen LogP contribution in [0.5, 0.6) is 0 Å². The Labute approximate surface area is 161 Å². The van der Waals surface area contributed by atoms with Crippen LogP contribution in [0.4, 0.5) is 5.69 Å². The zero-order chi connectivity index (χ0) is 17.9. The summed E-state index contributed by atoms with van der Waals surface area (Å²) in [6, 6.07) is 5.46. The van der Waals surface area contributed by atoms with Crippen molar-refractivity contribution in [3.05, 3.63) is 51.8 Å². The largest absolute Gasteiger partial charge is 0.374 e. The van der Waals surface area contributed by atoms with Gasteiger partial charge in [-0.1, -0.05) is 29.3 Å². The van der Waals surface area contributed by atoms with E-state index in [-0.39, 0.29) is 5.78 Å². The molecule has 2 aromatic rings. The number of rotatable bonds is 6. The second kappa shape index (κ2) is 8.06. The molecule has 3 nitrogen and oxygen atoms in total. The lowest BCUT2D eigenvalue weighted by Crippen LogP contribution is -2.14. The molecule has 0 saturated carbocycles. The van der Waals surface area contributed by atoms with Gasteiger partial charge in [-0.15, -0.1) is 0 Å². The summed E-state index contributed by atoms with van der Waals surface area (Å²) >= 11 is 23.7. The van der Waals surface area contributed by atoms with Gasteiger partial charge >= 0.3 is 0 Å². The topological polar surface area (TPSA) is 42.0 Å². The summed E-state index contributed by atoms with van der Waals surface area (Å²) in [6.07, 6.45) is 3.61. The van der Waals surface area contributed by atoms with Gasteiger partial charge in [0.1, 0.15) is 5.78 Å². The molecular formula is C16H16Cl2N2OS3. The number of benzene rings is 1. The van der Waals surface area contributed by atoms with Crippen molar-refractivity contribution in [2.24, 2.45) is 0 Å². The van der Waals surface area contributed by atoms with Gasteiger partial charge in [0.25, 0.3) is 0 Å². The maximum absolute atomic E-state index is 11.2. The van der Waals surface area contributed by atoms with E-state index in [1.165, 1.54) is 6.92 Å². The number of anilines is 1. The maximum atomic E-state index is 11.2. The SMILES string of the molecule is CC(=O)Cc1ccc(S(=S)(=S)CNc2c(C)cncc2Cl)cc1Cl. The molecule has 0 amide bonds. The molecular weight excluding hydrogens is 403 g/mol. The van der Waals surface area contributed by atoms with Gasteiger partial charge in [0, 0.05) is 28.7 Å². The molecule has 0 atom stereocenters. The highest BCUT2D eigenvalue weighted by atomic mass is 35.5. The summed E-state index contributed by atoms with van der Waals surface area (Å²) in [5, 5.41) is 4.30. The number of pyridine rings is 1. The van der Waals surface area contributed by atoms with E-state index in [0.29, 0.717) is 22.3 Å². The van der Waals surface area contributed by atoms with Crippen LogP contribution in [0.25, 0.3) is 0 Å². The van der Waals surface area contributed by atoms with E-state index in [1.807, 2.05) is 19.1 Å². The van der Waals surface area contributed by atoms with Gasteiger partial charge < -0.3 is 5.32 Å². The minimum Gasteiger partial charge on any atom is -0.374 e. The van der Waals surface area contributed by atoms with Gasteiger partial charge in [-0.3, -0.25) is 9.78 Å². The molecule has 0 bridgehead atoms. The Kier molecular flexibility index (Phi) is 6.56. The van der Waals surface area contributed by atoms with Crippen LogP contribution in [-0.2, 0) is 40.7 Å². The lowest BCUT2D eigenvalue weighted by molar-refractivity contribution is -0.116. The van der Waals surface area contributed by atoms with Gasteiger partial charge in [0.15, 0.2) is 0 Å². The van der Waals surface area contributed by atoms with E-state index in [0.717, 1.165) is 21.7 Å². The number of carbonyl (C=O) groups is 1. The average molecular weight is 419 g/mol. The molecule has 8 heteroatoms. The third-order valence-electron chi connectivity index (χ3n) is 3.35. The molecule has 0 spiro atoms. The van der Waals surface area contributed by atoms with Crippen LogP contribution in [-0.4, -0.2) is 16.6 Å². The highest BCUT2D eigenvalue weighted by molar-refractivity contribution is 8.56. The van der Waals surface area contributed by atoms with Crippen LogP contribution < -0.4 is 5.32 Å². The van der Waals surface area contributed by atoms with E-state index in [4.69, 9.17) is 45.6 Å². The normalized spacial score (nSPS) is 11.3. The number of nitrogens with one attached hydrogen (secondary N) is 1. The second-order valence-corrected chi connectivity index (χ2v) is 12.2. The van der Waals surface area contributed by atoms with E-state index in [1.54, 1.807) is 18.5 Å². The number of ketones is 1. The van der Waals surface area contributed by atoms with Gasteiger partial charge in [-0.2, -0.15) is 0 Å². The number of carbonyl (C=O) groups excluding carboxylic acids is 1. The van der Waals surface area contributed by atoms with E-state index < -0.39 is 7.15 Å². The molecule has 1 heterocycles. The smallest absolute Gasteiger partial charge is 0.134 e. The summed E-state index contributed by atoms with van der Waals surface area (Å²) in [7, 11) is -1.95. The summed E-state index contributed by atoms with van der Waals surface area (Å²) in [5.74, 6) is 0.467. The number of hydrogen-bond acceptors (Lipinski definition) is 5. The standard InChI is InChI=1S/C16H16Cl2N2OS3/c1-10-7-19-8-15(18)16(10)20-9-24(22,23)13-4-3-12(5-11(2)21)14(17)6-13/h3-4,6-8H,5,9H2,1-2H3,(H,19,20). The first-order valence-electron chi connectivity index (χ1n) is 7.05. The van der Waals surface area contributed by atoms with Gasteiger partial charge in [0.05, 0.1) is 16.6 Å². The van der Waals surface area contributed by atoms with Crippen LogP contribution in [0.2, 0.25) is 10.0 Å². The molecule has 0 aliphatic carbocycles. The van der Waals surface area contributed by atoms with Crippen molar-refractivity contribution in [3.63, 3.8) is 0 Å². The van der Waals surface area contributed by atoms with Crippen LogP contribution in [0.1, 0.15) is 18.1 Å². The monoisotopic (exact) mass is 418 g/mol. The number of nitrogens with zero attached hydrogens (tertiary/aromatic N) is 1. The van der Waals surface area contributed by atoms with Crippen LogP contribution in [0.15, 0.2) is 35.5 Å². The Balaban J connectivity index is 2.22. The highest BCUT2D eigenvalue weighted by Gasteiger charge is 2.12. The van der Waals surface area contributed by atoms with Crippen molar-refractivity contribution in [1.29, 1.82) is 0 Å². The fraction of sp³-hybridized carbons (Fsp3) is 0.250. The first-order valence-corrected chi connectivity index (χ1v) is 11.5. The molecule has 1 aromatic heterocycles. The van der Waals surface area contributed by atoms with Crippen molar-refractivity contribution < 1.29 is 4.79 Å². The molecule has 1 N–H and O–H groups in total. The Morgan fingerprint density at radius 1 is 1.25 bits per heavy atom. The molecule has 128 valence electrons. The van der Waals surface area contributed by atoms with E-state index >= 15 is 0 Å². The first-order chi connectivity index (χ1) is 11.2. The Hall–Kier alpha value is -0.790. The number of hydrogen-bond donors (Lipinski definition) is 1. The fourth-order valence-corrected chi connectivity index (χ4v) is 4.77. The minimum absolute atomic E-state index is 0.0597. The molecule has 1 aromatic carbocycles. The van der Waals surface area contributed by atoms with E-state index in [2.05, 4.69) is 10.3 Å². The summed E-state index contributed by atoms with van der Waals surface area (Å²) in [5.41, 5.74) is 2.50. The quantitative estimate of drug-likeness (QED) is 0.755. The first kappa shape index (κ1) is 19.5. The summed E-state index contributed by atoms with van der Waals surface area (Å²) in [6.45, 7) is 3.45. The molecule has 0 unspecified atom stereocenters. The Bertz CT molecular complexity index is 863. The molecule has 0 aliphatic rings. The number of halogens is 2. The minimum atomic E-state index is -1.95. The zero-order valence-electron chi connectivity index (χ0n) is 13.1. The summed E-state index contributed by atoms with van der Waals surface area (Å²) in [4.78, 5) is 16.1. The number of aryl methyl sites for hydroxylation is 1. The summed E-state index contributed by atoms with van der Waals surface area (Å²) < 4.78 is 0. The van der Waals surface area contributed by atoms with Crippen molar-refractivity contribution >= 4 is 64.2 Å². The number of Topliss-reactive ketones (excluding diaryl/α,β-unsaturated/α-hetero) is 1. The molecule has 0 radical (unpaired) electrons. The molecule has 0 saturated heterocycles. The average Bonchev–Trinajstić information content (AvgIpc) is 2.48. The highest BCUT2D eigenvalue weighted by Crippen LogP contribution is 2.26. The third kappa shape index (κ3) is 4.86. The van der Waals surface area contributed by atoms with Crippen LogP contribution in [0, 0.1) is 6.92 Å². The van der Waals surface area contributed by atoms with Crippen LogP contribution in [0.3, 0.4) is 0 Å². The van der Waals surface area contributed by atoms with Gasteiger partial charge in [-0.25, -0.2) is 0 Å². The Morgan fingerprint density at radius 2 is 1.96 bits per heavy atom. The molecule has 0 aliphatic heterocycles. The molecule has 2 rings (SSSR count). The van der Waals surface area contributed by atoms with Gasteiger partial charge in [0.2, 0.25) is 0 Å². The Morgan fingerprint density at radius 3 is 2.54 bits per heavy atom. The van der Waals surface area contributed by atoms with E-state index in [9.17, 15) is 4.79 Å². The second-order valence-electron chi connectivity index (χ2n) is 5.38. The maximum Gasteiger partial charge on any atom is 0.134 e. The predicted molar refractivity (Wildman–Crippen MR) is 109 cm³/mol. The van der Waals surface area contributed by atoms with Crippen molar-refractivity contribution in [3.8, 4) is 0 Å². The van der Waals surface area contributed by atoms with Crippen molar-refractivity contribution in [2.45, 2.75) is 25.2 Å².